The quantitative estimate of drug-likeness (QED) is 0.252. The predicted molar refractivity (Wildman–Crippen MR) is 52.0 cm³/mol. The highest BCUT2D eigenvalue weighted by Gasteiger charge is 2.34. The van der Waals surface area contributed by atoms with Gasteiger partial charge in [0, 0.05) is 6.92 Å². The molecule has 5 N–H and O–H groups in total. The molecule has 86 valence electrons. The van der Waals surface area contributed by atoms with Gasteiger partial charge in [-0.05, 0) is 0 Å². The first-order valence-corrected chi connectivity index (χ1v) is 4.26. The van der Waals surface area contributed by atoms with Gasteiger partial charge in [-0.1, -0.05) is 0 Å². The van der Waals surface area contributed by atoms with E-state index in [1.165, 1.54) is 0 Å². The Kier molecular flexibility index (Phi) is 9.21. The zero-order valence-corrected chi connectivity index (χ0v) is 8.68. The van der Waals surface area contributed by atoms with E-state index in [1.54, 1.807) is 0 Å². The molecule has 0 aromatic rings. The molecule has 0 aliphatic rings. The highest BCUT2D eigenvalue weighted by atomic mass is 32.1. The van der Waals surface area contributed by atoms with E-state index in [0.29, 0.717) is 0 Å². The Labute approximate surface area is 87.2 Å². The summed E-state index contributed by atoms with van der Waals surface area (Å²) in [6.07, 6.45) is 0. The molecule has 0 amide bonds. The molecule has 0 spiro atoms. The molecule has 0 aromatic carbocycles. The number of hydrogen-bond acceptors (Lipinski definition) is 6. The van der Waals surface area contributed by atoms with Crippen molar-refractivity contribution in [3.05, 3.63) is 0 Å². The van der Waals surface area contributed by atoms with Crippen LogP contribution >= 0.6 is 12.6 Å². The lowest BCUT2D eigenvalue weighted by molar-refractivity contribution is -0.134. The Morgan fingerprint density at radius 2 is 1.50 bits per heavy atom. The normalized spacial score (nSPS) is 12.7. The first-order valence-electron chi connectivity index (χ1n) is 3.74. The van der Waals surface area contributed by atoms with Gasteiger partial charge in [-0.2, -0.15) is 0 Å². The van der Waals surface area contributed by atoms with Crippen molar-refractivity contribution in [3.63, 3.8) is 0 Å². The third kappa shape index (κ3) is 6.17. The molecule has 6 nitrogen and oxygen atoms in total. The summed E-state index contributed by atoms with van der Waals surface area (Å²) >= 11 is 3.59. The molecule has 0 fully saturated rings. The number of carboxylic acid groups (broad SMARTS) is 1. The zero-order chi connectivity index (χ0) is 11.8. The largest absolute Gasteiger partial charge is 0.481 e. The fourth-order valence-electron chi connectivity index (χ4n) is 0.395. The molecule has 1 unspecified atom stereocenters. The van der Waals surface area contributed by atoms with Gasteiger partial charge in [0.1, 0.15) is 5.44 Å². The van der Waals surface area contributed by atoms with Crippen LogP contribution in [0.1, 0.15) is 6.92 Å². The standard InChI is InChI=1S/C5H12O4S.C2H4O2/c6-1-5(2-7,3-8)4(9)10;1-2(3)4/h4,6-10H,1-3H2;1H3,(H,3,4). The molecule has 0 aromatic heterocycles. The van der Waals surface area contributed by atoms with E-state index in [9.17, 15) is 0 Å². The maximum absolute atomic E-state index is 9.00. The number of hydrogen-bond donors (Lipinski definition) is 6. The Balaban J connectivity index is 0. The molecule has 0 aliphatic carbocycles. The van der Waals surface area contributed by atoms with Crippen molar-refractivity contribution in [2.24, 2.45) is 5.41 Å². The van der Waals surface area contributed by atoms with Gasteiger partial charge in [0.05, 0.1) is 25.2 Å². The van der Waals surface area contributed by atoms with Crippen molar-refractivity contribution in [3.8, 4) is 0 Å². The van der Waals surface area contributed by atoms with Crippen LogP contribution in [-0.4, -0.2) is 56.8 Å². The summed E-state index contributed by atoms with van der Waals surface area (Å²) in [5, 5.41) is 42.1. The van der Waals surface area contributed by atoms with Crippen LogP contribution in [0.2, 0.25) is 0 Å². The molecule has 7 heteroatoms. The Morgan fingerprint density at radius 1 is 1.29 bits per heavy atom. The molecule has 0 saturated heterocycles. The molecule has 1 atom stereocenters. The third-order valence-electron chi connectivity index (χ3n) is 1.49. The first kappa shape index (κ1) is 16.1. The van der Waals surface area contributed by atoms with Gasteiger partial charge in [0.25, 0.3) is 5.97 Å². The number of carboxylic acids is 1. The van der Waals surface area contributed by atoms with E-state index in [-0.39, 0.29) is 0 Å². The summed E-state index contributed by atoms with van der Waals surface area (Å²) in [4.78, 5) is 9.00. The minimum absolute atomic E-state index is 0.495. The highest BCUT2D eigenvalue weighted by molar-refractivity contribution is 7.80. The molecule has 0 radical (unpaired) electrons. The molecule has 0 rings (SSSR count). The smallest absolute Gasteiger partial charge is 0.300 e. The second kappa shape index (κ2) is 8.01. The lowest BCUT2D eigenvalue weighted by Gasteiger charge is -2.29. The van der Waals surface area contributed by atoms with Crippen molar-refractivity contribution in [2.45, 2.75) is 12.4 Å². The summed E-state index contributed by atoms with van der Waals surface area (Å²) in [7, 11) is 0. The second-order valence-corrected chi connectivity index (χ2v) is 3.22. The van der Waals surface area contributed by atoms with Crippen LogP contribution in [0.25, 0.3) is 0 Å². The van der Waals surface area contributed by atoms with Crippen molar-refractivity contribution in [1.82, 2.24) is 0 Å². The number of aliphatic carboxylic acids is 1. The Bertz CT molecular complexity index is 144. The summed E-state index contributed by atoms with van der Waals surface area (Å²) in [5.74, 6) is -0.833. The maximum Gasteiger partial charge on any atom is 0.300 e. The van der Waals surface area contributed by atoms with E-state index in [4.69, 9.17) is 30.3 Å². The van der Waals surface area contributed by atoms with Gasteiger partial charge in [0.2, 0.25) is 0 Å². The average molecular weight is 228 g/mol. The van der Waals surface area contributed by atoms with Gasteiger partial charge >= 0.3 is 0 Å². The van der Waals surface area contributed by atoms with Crippen molar-refractivity contribution >= 4 is 18.6 Å². The monoisotopic (exact) mass is 228 g/mol. The van der Waals surface area contributed by atoms with Crippen LogP contribution in [-0.2, 0) is 4.79 Å². The topological polar surface area (TPSA) is 118 Å². The second-order valence-electron chi connectivity index (χ2n) is 2.73. The van der Waals surface area contributed by atoms with Crippen LogP contribution in [0.15, 0.2) is 0 Å². The van der Waals surface area contributed by atoms with E-state index in [2.05, 4.69) is 12.6 Å². The van der Waals surface area contributed by atoms with Crippen molar-refractivity contribution in [2.75, 3.05) is 19.8 Å². The molecular formula is C7H16O6S. The minimum Gasteiger partial charge on any atom is -0.481 e. The fourth-order valence-corrected chi connectivity index (χ4v) is 0.640. The molecule has 0 heterocycles. The van der Waals surface area contributed by atoms with Gasteiger partial charge in [-0.25, -0.2) is 0 Å². The van der Waals surface area contributed by atoms with E-state index >= 15 is 0 Å². The Morgan fingerprint density at radius 3 is 1.50 bits per heavy atom. The number of rotatable bonds is 4. The molecular weight excluding hydrogens is 212 g/mol. The minimum atomic E-state index is -1.29. The van der Waals surface area contributed by atoms with Crippen LogP contribution in [0.5, 0.6) is 0 Å². The summed E-state index contributed by atoms with van der Waals surface area (Å²) in [6, 6.07) is 0. The van der Waals surface area contributed by atoms with Gasteiger partial charge in [0.15, 0.2) is 0 Å². The van der Waals surface area contributed by atoms with Crippen LogP contribution in [0.4, 0.5) is 0 Å². The number of aliphatic hydroxyl groups is 4. The van der Waals surface area contributed by atoms with E-state index < -0.39 is 36.6 Å². The van der Waals surface area contributed by atoms with Crippen molar-refractivity contribution < 1.29 is 30.3 Å². The molecule has 0 saturated carbocycles. The van der Waals surface area contributed by atoms with E-state index in [1.807, 2.05) is 0 Å². The summed E-state index contributed by atoms with van der Waals surface area (Å²) < 4.78 is 0. The van der Waals surface area contributed by atoms with Crippen LogP contribution in [0.3, 0.4) is 0 Å². The highest BCUT2D eigenvalue weighted by Crippen LogP contribution is 2.22. The SMILES string of the molecule is CC(=O)O.OCC(CO)(CO)C(O)S. The fraction of sp³-hybridized carbons (Fsp3) is 0.857. The number of aliphatic hydroxyl groups excluding tert-OH is 4. The third-order valence-corrected chi connectivity index (χ3v) is 2.04. The van der Waals surface area contributed by atoms with Crippen LogP contribution < -0.4 is 0 Å². The first-order chi connectivity index (χ1) is 6.36. The van der Waals surface area contributed by atoms with Gasteiger partial charge < -0.3 is 25.5 Å². The maximum atomic E-state index is 9.00. The zero-order valence-electron chi connectivity index (χ0n) is 7.79. The molecule has 0 aliphatic heterocycles. The molecule has 0 bridgehead atoms. The predicted octanol–water partition coefficient (Wildman–Crippen LogP) is -1.71. The van der Waals surface area contributed by atoms with Crippen molar-refractivity contribution in [1.29, 1.82) is 0 Å². The van der Waals surface area contributed by atoms with Crippen LogP contribution in [0, 0.1) is 5.41 Å². The number of carbonyl (C=O) groups is 1. The lowest BCUT2D eigenvalue weighted by Crippen LogP contribution is -2.42. The van der Waals surface area contributed by atoms with Gasteiger partial charge in [-0.15, -0.1) is 12.6 Å². The van der Waals surface area contributed by atoms with Gasteiger partial charge in [-0.3, -0.25) is 4.79 Å². The average Bonchev–Trinajstić information content (AvgIpc) is 2.07. The molecule has 14 heavy (non-hydrogen) atoms. The summed E-state index contributed by atoms with van der Waals surface area (Å²) in [5.41, 5.74) is -2.50. The summed E-state index contributed by atoms with van der Waals surface area (Å²) in [6.45, 7) is -0.403. The van der Waals surface area contributed by atoms with E-state index in [0.717, 1.165) is 6.92 Å². The lowest BCUT2D eigenvalue weighted by atomic mass is 9.92. The Hall–Kier alpha value is -0.340. The number of thiol groups is 1.